The number of aromatic nitrogens is 3. The standard InChI is InChI=1S/C19H18F2N4O2S/c1-11(2)16(23-19(27)17-9-28-10-22-17)8-25-18(26)6-5-15(24-25)12-3-4-13(20)14(21)7-12/h3-7,9-11,16H,8H2,1-2H3,(H,23,27)/t16-/m1/s1. The highest BCUT2D eigenvalue weighted by atomic mass is 32.1. The minimum atomic E-state index is -0.993. The molecule has 0 aliphatic carbocycles. The molecule has 2 aromatic heterocycles. The lowest BCUT2D eigenvalue weighted by atomic mass is 10.0. The molecule has 0 unspecified atom stereocenters. The molecule has 0 aliphatic rings. The Labute approximate surface area is 163 Å². The van der Waals surface area contributed by atoms with Crippen molar-refractivity contribution in [2.75, 3.05) is 0 Å². The Morgan fingerprint density at radius 1 is 1.21 bits per heavy atom. The fourth-order valence-electron chi connectivity index (χ4n) is 2.57. The molecule has 146 valence electrons. The molecule has 9 heteroatoms. The molecule has 3 aromatic rings. The summed E-state index contributed by atoms with van der Waals surface area (Å²) < 4.78 is 27.9. The van der Waals surface area contributed by atoms with E-state index in [1.165, 1.54) is 34.2 Å². The average Bonchev–Trinajstić information content (AvgIpc) is 3.20. The van der Waals surface area contributed by atoms with Crippen LogP contribution < -0.4 is 10.9 Å². The summed E-state index contributed by atoms with van der Waals surface area (Å²) in [4.78, 5) is 28.5. The number of nitrogens with one attached hydrogen (secondary N) is 1. The molecule has 28 heavy (non-hydrogen) atoms. The number of carbonyl (C=O) groups is 1. The van der Waals surface area contributed by atoms with Gasteiger partial charge >= 0.3 is 0 Å². The number of amides is 1. The monoisotopic (exact) mass is 404 g/mol. The Bertz CT molecular complexity index is 1030. The Balaban J connectivity index is 1.85. The molecule has 0 aliphatic heterocycles. The number of halogens is 2. The van der Waals surface area contributed by atoms with Crippen LogP contribution in [-0.4, -0.2) is 26.7 Å². The van der Waals surface area contributed by atoms with Crippen LogP contribution in [0.1, 0.15) is 24.3 Å². The quantitative estimate of drug-likeness (QED) is 0.685. The Morgan fingerprint density at radius 2 is 2.00 bits per heavy atom. The van der Waals surface area contributed by atoms with Gasteiger partial charge in [-0.15, -0.1) is 11.3 Å². The van der Waals surface area contributed by atoms with Gasteiger partial charge in [0.25, 0.3) is 11.5 Å². The Hall–Kier alpha value is -2.94. The van der Waals surface area contributed by atoms with Gasteiger partial charge in [0, 0.05) is 17.0 Å². The van der Waals surface area contributed by atoms with Gasteiger partial charge in [0.1, 0.15) is 5.69 Å². The molecule has 6 nitrogen and oxygen atoms in total. The van der Waals surface area contributed by atoms with Gasteiger partial charge in [-0.2, -0.15) is 5.10 Å². The summed E-state index contributed by atoms with van der Waals surface area (Å²) in [6, 6.07) is 5.80. The minimum absolute atomic E-state index is 0.0169. The fraction of sp³-hybridized carbons (Fsp3) is 0.263. The third-order valence-electron chi connectivity index (χ3n) is 4.24. The zero-order valence-corrected chi connectivity index (χ0v) is 16.0. The number of carbonyl (C=O) groups excluding carboxylic acids is 1. The van der Waals surface area contributed by atoms with Crippen LogP contribution in [0, 0.1) is 17.6 Å². The zero-order valence-electron chi connectivity index (χ0n) is 15.2. The van der Waals surface area contributed by atoms with Crippen molar-refractivity contribution in [1.29, 1.82) is 0 Å². The molecular weight excluding hydrogens is 386 g/mol. The summed E-state index contributed by atoms with van der Waals surface area (Å²) in [5.41, 5.74) is 2.19. The van der Waals surface area contributed by atoms with Crippen LogP contribution in [0.3, 0.4) is 0 Å². The Morgan fingerprint density at radius 3 is 2.64 bits per heavy atom. The van der Waals surface area contributed by atoms with Gasteiger partial charge < -0.3 is 5.32 Å². The van der Waals surface area contributed by atoms with E-state index in [9.17, 15) is 18.4 Å². The highest BCUT2D eigenvalue weighted by molar-refractivity contribution is 7.07. The fourth-order valence-corrected chi connectivity index (χ4v) is 3.10. The van der Waals surface area contributed by atoms with E-state index in [0.29, 0.717) is 17.0 Å². The number of rotatable bonds is 6. The molecule has 0 saturated heterocycles. The maximum Gasteiger partial charge on any atom is 0.271 e. The van der Waals surface area contributed by atoms with E-state index in [4.69, 9.17) is 0 Å². The number of nitrogens with zero attached hydrogens (tertiary/aromatic N) is 3. The van der Waals surface area contributed by atoms with Crippen LogP contribution in [0.5, 0.6) is 0 Å². The second-order valence-electron chi connectivity index (χ2n) is 6.57. The van der Waals surface area contributed by atoms with Gasteiger partial charge in [-0.25, -0.2) is 18.4 Å². The van der Waals surface area contributed by atoms with Crippen molar-refractivity contribution in [2.45, 2.75) is 26.4 Å². The molecule has 2 heterocycles. The number of hydrogen-bond donors (Lipinski definition) is 1. The highest BCUT2D eigenvalue weighted by Crippen LogP contribution is 2.18. The van der Waals surface area contributed by atoms with E-state index in [2.05, 4.69) is 15.4 Å². The average molecular weight is 404 g/mol. The van der Waals surface area contributed by atoms with Gasteiger partial charge in [0.2, 0.25) is 0 Å². The van der Waals surface area contributed by atoms with Crippen molar-refractivity contribution in [3.05, 3.63) is 68.9 Å². The lowest BCUT2D eigenvalue weighted by Gasteiger charge is -2.22. The summed E-state index contributed by atoms with van der Waals surface area (Å²) in [7, 11) is 0. The Kier molecular flexibility index (Phi) is 5.93. The molecule has 3 rings (SSSR count). The molecule has 0 radical (unpaired) electrons. The van der Waals surface area contributed by atoms with E-state index in [1.54, 1.807) is 10.9 Å². The molecule has 0 saturated carbocycles. The van der Waals surface area contributed by atoms with Crippen molar-refractivity contribution >= 4 is 17.2 Å². The van der Waals surface area contributed by atoms with Crippen molar-refractivity contribution in [1.82, 2.24) is 20.1 Å². The SMILES string of the molecule is CC(C)[C@@H](Cn1nc(-c2ccc(F)c(F)c2)ccc1=O)NC(=O)c1cscn1. The van der Waals surface area contributed by atoms with Crippen LogP contribution in [0.2, 0.25) is 0 Å². The normalized spacial score (nSPS) is 12.2. The maximum atomic E-state index is 13.5. The summed E-state index contributed by atoms with van der Waals surface area (Å²) in [5.74, 6) is -2.26. The minimum Gasteiger partial charge on any atom is -0.346 e. The maximum absolute atomic E-state index is 13.5. The first kappa shape index (κ1) is 19.8. The van der Waals surface area contributed by atoms with E-state index in [-0.39, 0.29) is 30.0 Å². The van der Waals surface area contributed by atoms with Gasteiger partial charge in [-0.05, 0) is 30.2 Å². The molecule has 1 atom stereocenters. The van der Waals surface area contributed by atoms with Crippen molar-refractivity contribution in [3.8, 4) is 11.3 Å². The predicted octanol–water partition coefficient (Wildman–Crippen LogP) is 3.10. The molecule has 1 aromatic carbocycles. The molecule has 0 spiro atoms. The summed E-state index contributed by atoms with van der Waals surface area (Å²) in [5, 5.41) is 8.76. The lowest BCUT2D eigenvalue weighted by molar-refractivity contribution is 0.0914. The second-order valence-corrected chi connectivity index (χ2v) is 7.28. The third-order valence-corrected chi connectivity index (χ3v) is 4.82. The van der Waals surface area contributed by atoms with Crippen LogP contribution >= 0.6 is 11.3 Å². The first-order valence-electron chi connectivity index (χ1n) is 8.58. The van der Waals surface area contributed by atoms with E-state index < -0.39 is 11.6 Å². The van der Waals surface area contributed by atoms with Crippen molar-refractivity contribution in [2.24, 2.45) is 5.92 Å². The van der Waals surface area contributed by atoms with Crippen LogP contribution in [0.25, 0.3) is 11.3 Å². The largest absolute Gasteiger partial charge is 0.346 e. The van der Waals surface area contributed by atoms with Crippen molar-refractivity contribution < 1.29 is 13.6 Å². The third kappa shape index (κ3) is 4.48. The summed E-state index contributed by atoms with van der Waals surface area (Å²) in [6.45, 7) is 3.95. The van der Waals surface area contributed by atoms with E-state index >= 15 is 0 Å². The summed E-state index contributed by atoms with van der Waals surface area (Å²) in [6.07, 6.45) is 0. The van der Waals surface area contributed by atoms with Crippen molar-refractivity contribution in [3.63, 3.8) is 0 Å². The molecular formula is C19H18F2N4O2S. The number of benzene rings is 1. The predicted molar refractivity (Wildman–Crippen MR) is 102 cm³/mol. The number of hydrogen-bond acceptors (Lipinski definition) is 5. The zero-order chi connectivity index (χ0) is 20.3. The van der Waals surface area contributed by atoms with Crippen LogP contribution in [-0.2, 0) is 6.54 Å². The topological polar surface area (TPSA) is 76.9 Å². The smallest absolute Gasteiger partial charge is 0.271 e. The van der Waals surface area contributed by atoms with Gasteiger partial charge in [0.15, 0.2) is 11.6 Å². The first-order chi connectivity index (χ1) is 13.3. The highest BCUT2D eigenvalue weighted by Gasteiger charge is 2.20. The van der Waals surface area contributed by atoms with Gasteiger partial charge in [0.05, 0.1) is 23.8 Å². The molecule has 0 fully saturated rings. The molecule has 1 amide bonds. The molecule has 0 bridgehead atoms. The van der Waals surface area contributed by atoms with Crippen LogP contribution in [0.4, 0.5) is 8.78 Å². The summed E-state index contributed by atoms with van der Waals surface area (Å²) >= 11 is 1.31. The van der Waals surface area contributed by atoms with E-state index in [0.717, 1.165) is 12.1 Å². The first-order valence-corrected chi connectivity index (χ1v) is 9.52. The lowest BCUT2D eigenvalue weighted by Crippen LogP contribution is -2.44. The van der Waals surface area contributed by atoms with E-state index in [1.807, 2.05) is 13.8 Å². The van der Waals surface area contributed by atoms with Gasteiger partial charge in [-0.1, -0.05) is 13.8 Å². The van der Waals surface area contributed by atoms with Crippen LogP contribution in [0.15, 0.2) is 46.0 Å². The molecule has 1 N–H and O–H groups in total. The second kappa shape index (κ2) is 8.39. The van der Waals surface area contributed by atoms with Gasteiger partial charge in [-0.3, -0.25) is 9.59 Å². The number of thiazole rings is 1.